The number of cyclic esters (lactones) is 2. The molecule has 0 bridgehead atoms. The quantitative estimate of drug-likeness (QED) is 0.379. The van der Waals surface area contributed by atoms with Crippen molar-refractivity contribution in [2.75, 3.05) is 0 Å². The maximum atomic E-state index is 11.3. The summed E-state index contributed by atoms with van der Waals surface area (Å²) < 4.78 is 4.42. The Hall–Kier alpha value is -1.09. The van der Waals surface area contributed by atoms with Crippen LogP contribution in [0.3, 0.4) is 0 Å². The van der Waals surface area contributed by atoms with Crippen LogP contribution in [0.4, 0.5) is 0 Å². The van der Waals surface area contributed by atoms with E-state index in [0.717, 1.165) is 19.3 Å². The van der Waals surface area contributed by atoms with Gasteiger partial charge in [-0.3, -0.25) is 0 Å². The molecule has 0 aromatic rings. The lowest BCUT2D eigenvalue weighted by molar-refractivity contribution is -0.151. The van der Waals surface area contributed by atoms with Crippen LogP contribution in [-0.2, 0) is 14.3 Å². The molecule has 0 aromatic carbocycles. The summed E-state index contributed by atoms with van der Waals surface area (Å²) in [5.41, 5.74) is 0.326. The van der Waals surface area contributed by atoms with E-state index in [9.17, 15) is 9.59 Å². The van der Waals surface area contributed by atoms with Gasteiger partial charge in [-0.15, -0.1) is 0 Å². The molecule has 1 aliphatic carbocycles. The fourth-order valence-corrected chi connectivity index (χ4v) is 2.01. The average molecular weight is 213 g/mol. The van der Waals surface area contributed by atoms with Crippen molar-refractivity contribution in [3.63, 3.8) is 0 Å². The van der Waals surface area contributed by atoms with Crippen molar-refractivity contribution >= 4 is 23.5 Å². The number of hydrogen-bond donors (Lipinski definition) is 0. The van der Waals surface area contributed by atoms with E-state index in [2.05, 4.69) is 4.74 Å². The first kappa shape index (κ1) is 9.46. The predicted molar refractivity (Wildman–Crippen MR) is 50.5 cm³/mol. The van der Waals surface area contributed by atoms with E-state index >= 15 is 0 Å². The Bertz CT molecular complexity index is 354. The number of rotatable bonds is 1. The highest BCUT2D eigenvalue weighted by Gasteiger charge is 2.35. The van der Waals surface area contributed by atoms with Crippen LogP contribution in [0.15, 0.2) is 22.8 Å². The minimum absolute atomic E-state index is 0.0461. The number of halogens is 1. The molecule has 0 fully saturated rings. The molecule has 1 atom stereocenters. The number of carbonyl (C=O) groups excluding carboxylic acids is 2. The van der Waals surface area contributed by atoms with E-state index in [1.807, 2.05) is 12.2 Å². The van der Waals surface area contributed by atoms with E-state index in [1.54, 1.807) is 0 Å². The third kappa shape index (κ3) is 1.48. The first-order valence-corrected chi connectivity index (χ1v) is 4.91. The summed E-state index contributed by atoms with van der Waals surface area (Å²) in [6, 6.07) is 0. The highest BCUT2D eigenvalue weighted by Crippen LogP contribution is 2.32. The van der Waals surface area contributed by atoms with Crippen LogP contribution in [0.25, 0.3) is 0 Å². The van der Waals surface area contributed by atoms with Crippen LogP contribution < -0.4 is 0 Å². The van der Waals surface area contributed by atoms with Crippen molar-refractivity contribution in [2.45, 2.75) is 19.3 Å². The Morgan fingerprint density at radius 1 is 1.36 bits per heavy atom. The van der Waals surface area contributed by atoms with Crippen molar-refractivity contribution in [3.8, 4) is 0 Å². The largest absolute Gasteiger partial charge is 0.385 e. The number of allylic oxidation sites excluding steroid dienone is 2. The first-order chi connectivity index (χ1) is 6.70. The van der Waals surface area contributed by atoms with Crippen molar-refractivity contribution in [2.24, 2.45) is 5.92 Å². The molecule has 1 heterocycles. The molecule has 0 spiro atoms. The molecular weight excluding hydrogens is 204 g/mol. The molecule has 0 saturated heterocycles. The van der Waals surface area contributed by atoms with Gasteiger partial charge in [-0.1, -0.05) is 23.8 Å². The van der Waals surface area contributed by atoms with Gasteiger partial charge in [-0.05, 0) is 19.3 Å². The van der Waals surface area contributed by atoms with Gasteiger partial charge in [0.25, 0.3) is 0 Å². The summed E-state index contributed by atoms with van der Waals surface area (Å²) in [4.78, 5) is 22.3. The Morgan fingerprint density at radius 3 is 2.64 bits per heavy atom. The van der Waals surface area contributed by atoms with E-state index < -0.39 is 11.9 Å². The summed E-state index contributed by atoms with van der Waals surface area (Å²) in [6.45, 7) is 0. The molecule has 0 aromatic heterocycles. The van der Waals surface area contributed by atoms with Gasteiger partial charge in [0.1, 0.15) is 5.03 Å². The van der Waals surface area contributed by atoms with Gasteiger partial charge in [0.2, 0.25) is 0 Å². The molecule has 0 N–H and O–H groups in total. The van der Waals surface area contributed by atoms with Crippen LogP contribution in [0.1, 0.15) is 19.3 Å². The first-order valence-electron chi connectivity index (χ1n) is 4.53. The third-order valence-corrected chi connectivity index (χ3v) is 2.80. The SMILES string of the molecule is O=C1OC(=O)C(C2C=CCCC2)=C1Cl. The van der Waals surface area contributed by atoms with E-state index in [4.69, 9.17) is 11.6 Å². The lowest BCUT2D eigenvalue weighted by Gasteiger charge is -2.15. The van der Waals surface area contributed by atoms with Gasteiger partial charge in [-0.2, -0.15) is 0 Å². The molecule has 1 unspecified atom stereocenters. The fourth-order valence-electron chi connectivity index (χ4n) is 1.75. The molecule has 1 aliphatic heterocycles. The van der Waals surface area contributed by atoms with Gasteiger partial charge in [0.15, 0.2) is 0 Å². The molecule has 0 radical (unpaired) electrons. The highest BCUT2D eigenvalue weighted by atomic mass is 35.5. The van der Waals surface area contributed by atoms with Crippen LogP contribution in [0.5, 0.6) is 0 Å². The average Bonchev–Trinajstić information content (AvgIpc) is 2.43. The Kier molecular flexibility index (Phi) is 2.42. The number of ether oxygens (including phenoxy) is 1. The molecule has 2 aliphatic rings. The predicted octanol–water partition coefficient (Wildman–Crippen LogP) is 1.92. The second-order valence-electron chi connectivity index (χ2n) is 3.37. The lowest BCUT2D eigenvalue weighted by Crippen LogP contribution is -2.11. The topological polar surface area (TPSA) is 43.4 Å². The molecule has 74 valence electrons. The highest BCUT2D eigenvalue weighted by molar-refractivity contribution is 6.45. The monoisotopic (exact) mass is 212 g/mol. The number of esters is 2. The molecule has 14 heavy (non-hydrogen) atoms. The Balaban J connectivity index is 2.32. The summed E-state index contributed by atoms with van der Waals surface area (Å²) >= 11 is 5.71. The fraction of sp³-hybridized carbons (Fsp3) is 0.400. The summed E-state index contributed by atoms with van der Waals surface area (Å²) in [6.07, 6.45) is 6.80. The zero-order chi connectivity index (χ0) is 10.1. The van der Waals surface area contributed by atoms with Gasteiger partial charge >= 0.3 is 11.9 Å². The van der Waals surface area contributed by atoms with E-state index in [-0.39, 0.29) is 11.0 Å². The van der Waals surface area contributed by atoms with E-state index in [0.29, 0.717) is 5.57 Å². The Labute approximate surface area is 86.4 Å². The molecule has 0 amide bonds. The second kappa shape index (κ2) is 3.58. The van der Waals surface area contributed by atoms with Crippen LogP contribution >= 0.6 is 11.6 Å². The molecule has 3 nitrogen and oxygen atoms in total. The third-order valence-electron chi connectivity index (χ3n) is 2.45. The maximum absolute atomic E-state index is 11.3. The smallest absolute Gasteiger partial charge is 0.358 e. The van der Waals surface area contributed by atoms with Crippen molar-refractivity contribution < 1.29 is 14.3 Å². The van der Waals surface area contributed by atoms with Crippen molar-refractivity contribution in [1.82, 2.24) is 0 Å². The minimum Gasteiger partial charge on any atom is -0.385 e. The summed E-state index contributed by atoms with van der Waals surface area (Å²) in [7, 11) is 0. The van der Waals surface area contributed by atoms with Gasteiger partial charge in [-0.25, -0.2) is 9.59 Å². The van der Waals surface area contributed by atoms with Crippen LogP contribution in [0, 0.1) is 5.92 Å². The number of hydrogen-bond acceptors (Lipinski definition) is 3. The van der Waals surface area contributed by atoms with Gasteiger partial charge in [0.05, 0.1) is 5.57 Å². The summed E-state index contributed by atoms with van der Waals surface area (Å²) in [5.74, 6) is -1.35. The summed E-state index contributed by atoms with van der Waals surface area (Å²) in [5, 5.41) is -0.0495. The second-order valence-corrected chi connectivity index (χ2v) is 3.75. The lowest BCUT2D eigenvalue weighted by atomic mass is 9.89. The normalized spacial score (nSPS) is 27.1. The van der Waals surface area contributed by atoms with Gasteiger partial charge < -0.3 is 4.74 Å². The Morgan fingerprint density at radius 2 is 2.14 bits per heavy atom. The van der Waals surface area contributed by atoms with Crippen molar-refractivity contribution in [3.05, 3.63) is 22.8 Å². The zero-order valence-electron chi connectivity index (χ0n) is 7.46. The molecule has 2 rings (SSSR count). The zero-order valence-corrected chi connectivity index (χ0v) is 8.21. The maximum Gasteiger partial charge on any atom is 0.358 e. The van der Waals surface area contributed by atoms with Crippen LogP contribution in [0.2, 0.25) is 0 Å². The molecule has 4 heteroatoms. The van der Waals surface area contributed by atoms with Crippen molar-refractivity contribution in [1.29, 1.82) is 0 Å². The molecular formula is C10H9ClO3. The molecule has 0 saturated carbocycles. The standard InChI is InChI=1S/C10H9ClO3/c11-8-7(9(12)14-10(8)13)6-4-2-1-3-5-6/h2,4,6H,1,3,5H2. The van der Waals surface area contributed by atoms with E-state index in [1.165, 1.54) is 0 Å². The van der Waals surface area contributed by atoms with Gasteiger partial charge in [0, 0.05) is 5.92 Å². The number of carbonyl (C=O) groups is 2. The van der Waals surface area contributed by atoms with Crippen LogP contribution in [-0.4, -0.2) is 11.9 Å². The minimum atomic E-state index is -0.717.